The Morgan fingerprint density at radius 2 is 2.15 bits per heavy atom. The molecule has 0 fully saturated rings. The summed E-state index contributed by atoms with van der Waals surface area (Å²) in [6.45, 7) is 7.71. The molecule has 1 aromatic heterocycles. The maximum atomic E-state index is 12.8. The highest BCUT2D eigenvalue weighted by molar-refractivity contribution is 7.89. The Hall–Kier alpha value is -0.870. The molecule has 0 aromatic carbocycles. The molecule has 1 rings (SSSR count). The van der Waals surface area contributed by atoms with Crippen LogP contribution < -0.4 is 5.32 Å². The molecular weight excluding hydrogens is 292 g/mol. The summed E-state index contributed by atoms with van der Waals surface area (Å²) in [5.41, 5.74) is 0.793. The Morgan fingerprint density at radius 3 is 2.70 bits per heavy atom. The standard InChI is InChI=1S/C14H22N2O2S2/c1-5-8-16(9-6-2)20(17,18)14-12(4)11-19-13(14)10-15-7-3/h1,11,15H,6-10H2,2-4H3. The van der Waals surface area contributed by atoms with Crippen molar-refractivity contribution >= 4 is 21.4 Å². The van der Waals surface area contributed by atoms with E-state index in [9.17, 15) is 8.42 Å². The fourth-order valence-electron chi connectivity index (χ4n) is 1.96. The van der Waals surface area contributed by atoms with Crippen molar-refractivity contribution in [3.05, 3.63) is 15.8 Å². The number of hydrogen-bond acceptors (Lipinski definition) is 4. The fourth-order valence-corrected chi connectivity index (χ4v) is 5.14. The summed E-state index contributed by atoms with van der Waals surface area (Å²) in [7, 11) is -3.51. The maximum absolute atomic E-state index is 12.8. The average Bonchev–Trinajstić information content (AvgIpc) is 2.78. The number of nitrogens with zero attached hydrogens (tertiary/aromatic N) is 1. The normalized spacial score (nSPS) is 11.8. The first-order chi connectivity index (χ1) is 9.48. The predicted octanol–water partition coefficient (Wildman–Crippen LogP) is 2.20. The van der Waals surface area contributed by atoms with Gasteiger partial charge in [0.25, 0.3) is 0 Å². The largest absolute Gasteiger partial charge is 0.312 e. The van der Waals surface area contributed by atoms with E-state index < -0.39 is 10.0 Å². The van der Waals surface area contributed by atoms with E-state index in [1.54, 1.807) is 0 Å². The average molecular weight is 314 g/mol. The Labute approximate surface area is 126 Å². The van der Waals surface area contributed by atoms with Gasteiger partial charge in [0.2, 0.25) is 10.0 Å². The first kappa shape index (κ1) is 17.2. The fraction of sp³-hybridized carbons (Fsp3) is 0.571. The minimum absolute atomic E-state index is 0.117. The molecule has 0 saturated heterocycles. The second-order valence-corrected chi connectivity index (χ2v) is 7.33. The third-order valence-electron chi connectivity index (χ3n) is 2.86. The van der Waals surface area contributed by atoms with E-state index in [1.165, 1.54) is 15.6 Å². The Bertz CT molecular complexity index is 570. The van der Waals surface area contributed by atoms with Gasteiger partial charge in [-0.15, -0.1) is 17.8 Å². The second-order valence-electron chi connectivity index (χ2n) is 4.49. The molecule has 0 amide bonds. The van der Waals surface area contributed by atoms with Crippen molar-refractivity contribution in [2.45, 2.75) is 38.6 Å². The quantitative estimate of drug-likeness (QED) is 0.748. The minimum atomic E-state index is -3.51. The Balaban J connectivity index is 3.19. The molecule has 1 aromatic rings. The Kier molecular flexibility index (Phi) is 6.69. The third kappa shape index (κ3) is 3.83. The van der Waals surface area contributed by atoms with Gasteiger partial charge in [0.05, 0.1) is 6.54 Å². The van der Waals surface area contributed by atoms with Crippen LogP contribution in [0, 0.1) is 19.3 Å². The van der Waals surface area contributed by atoms with Crippen LogP contribution in [0.3, 0.4) is 0 Å². The van der Waals surface area contributed by atoms with Gasteiger partial charge < -0.3 is 5.32 Å². The van der Waals surface area contributed by atoms with Crippen LogP contribution in [-0.4, -0.2) is 32.4 Å². The number of rotatable bonds is 8. The lowest BCUT2D eigenvalue weighted by Gasteiger charge is -2.20. The molecule has 4 nitrogen and oxygen atoms in total. The summed E-state index contributed by atoms with van der Waals surface area (Å²) < 4.78 is 27.0. The molecule has 0 spiro atoms. The summed E-state index contributed by atoms with van der Waals surface area (Å²) in [6.07, 6.45) is 6.04. The lowest BCUT2D eigenvalue weighted by Crippen LogP contribution is -2.33. The van der Waals surface area contributed by atoms with Crippen LogP contribution in [0.15, 0.2) is 10.3 Å². The number of terminal acetylenes is 1. The molecule has 20 heavy (non-hydrogen) atoms. The van der Waals surface area contributed by atoms with Gasteiger partial charge in [-0.2, -0.15) is 4.31 Å². The highest BCUT2D eigenvalue weighted by Gasteiger charge is 2.28. The zero-order valence-corrected chi connectivity index (χ0v) is 13.9. The molecule has 112 valence electrons. The number of hydrogen-bond donors (Lipinski definition) is 1. The van der Waals surface area contributed by atoms with E-state index >= 15 is 0 Å². The minimum Gasteiger partial charge on any atom is -0.312 e. The van der Waals surface area contributed by atoms with Crippen LogP contribution >= 0.6 is 11.3 Å². The van der Waals surface area contributed by atoms with Crippen LogP contribution in [0.2, 0.25) is 0 Å². The molecule has 1 N–H and O–H groups in total. The number of thiophene rings is 1. The highest BCUT2D eigenvalue weighted by Crippen LogP contribution is 2.29. The predicted molar refractivity (Wildman–Crippen MR) is 84.3 cm³/mol. The van der Waals surface area contributed by atoms with E-state index in [0.29, 0.717) is 18.0 Å². The summed E-state index contributed by atoms with van der Waals surface area (Å²) in [4.78, 5) is 1.27. The second kappa shape index (κ2) is 7.79. The van der Waals surface area contributed by atoms with Gasteiger partial charge in [0.15, 0.2) is 0 Å². The molecule has 1 heterocycles. The van der Waals surface area contributed by atoms with Crippen molar-refractivity contribution in [1.29, 1.82) is 0 Å². The molecule has 0 aliphatic rings. The molecule has 0 atom stereocenters. The van der Waals surface area contributed by atoms with E-state index in [2.05, 4.69) is 11.2 Å². The van der Waals surface area contributed by atoms with Crippen molar-refractivity contribution in [3.8, 4) is 12.3 Å². The van der Waals surface area contributed by atoms with Crippen molar-refractivity contribution in [1.82, 2.24) is 9.62 Å². The smallest absolute Gasteiger partial charge is 0.245 e. The zero-order valence-electron chi connectivity index (χ0n) is 12.3. The topological polar surface area (TPSA) is 49.4 Å². The lowest BCUT2D eigenvalue weighted by atomic mass is 10.3. The SMILES string of the molecule is C#CCN(CCC)S(=O)(=O)c1c(C)csc1CNCC. The van der Waals surface area contributed by atoms with Crippen LogP contribution in [-0.2, 0) is 16.6 Å². The summed E-state index contributed by atoms with van der Waals surface area (Å²) in [6, 6.07) is 0. The first-order valence-electron chi connectivity index (χ1n) is 6.70. The molecule has 0 radical (unpaired) electrons. The molecule has 0 saturated carbocycles. The summed E-state index contributed by atoms with van der Waals surface area (Å²) >= 11 is 1.48. The van der Waals surface area contributed by atoms with Crippen molar-refractivity contribution < 1.29 is 8.42 Å². The van der Waals surface area contributed by atoms with Gasteiger partial charge in [-0.25, -0.2) is 8.42 Å². The zero-order chi connectivity index (χ0) is 15.2. The van der Waals surface area contributed by atoms with Crippen LogP contribution in [0.1, 0.15) is 30.7 Å². The summed E-state index contributed by atoms with van der Waals surface area (Å²) in [5, 5.41) is 5.07. The van der Waals surface area contributed by atoms with Gasteiger partial charge in [-0.1, -0.05) is 19.8 Å². The molecule has 0 bridgehead atoms. The highest BCUT2D eigenvalue weighted by atomic mass is 32.2. The van der Waals surface area contributed by atoms with Crippen molar-refractivity contribution in [3.63, 3.8) is 0 Å². The van der Waals surface area contributed by atoms with Gasteiger partial charge in [-0.05, 0) is 30.8 Å². The summed E-state index contributed by atoms with van der Waals surface area (Å²) in [5.74, 6) is 2.44. The number of nitrogens with one attached hydrogen (secondary N) is 1. The van der Waals surface area contributed by atoms with Crippen molar-refractivity contribution in [2.24, 2.45) is 0 Å². The van der Waals surface area contributed by atoms with Crippen molar-refractivity contribution in [2.75, 3.05) is 19.6 Å². The van der Waals surface area contributed by atoms with Gasteiger partial charge in [0, 0.05) is 18.0 Å². The monoisotopic (exact) mass is 314 g/mol. The third-order valence-corrected chi connectivity index (χ3v) is 6.17. The van der Waals surface area contributed by atoms with Crippen LogP contribution in [0.25, 0.3) is 0 Å². The van der Waals surface area contributed by atoms with Gasteiger partial charge in [-0.3, -0.25) is 0 Å². The molecular formula is C14H22N2O2S2. The van der Waals surface area contributed by atoms with Gasteiger partial charge >= 0.3 is 0 Å². The van der Waals surface area contributed by atoms with E-state index in [-0.39, 0.29) is 6.54 Å². The maximum Gasteiger partial charge on any atom is 0.245 e. The van der Waals surface area contributed by atoms with Gasteiger partial charge in [0.1, 0.15) is 4.90 Å². The first-order valence-corrected chi connectivity index (χ1v) is 9.02. The van der Waals surface area contributed by atoms with Crippen LogP contribution in [0.4, 0.5) is 0 Å². The molecule has 0 aliphatic heterocycles. The number of aryl methyl sites for hydroxylation is 1. The van der Waals surface area contributed by atoms with E-state index in [4.69, 9.17) is 6.42 Å². The van der Waals surface area contributed by atoms with E-state index in [1.807, 2.05) is 26.2 Å². The molecule has 0 unspecified atom stereocenters. The van der Waals surface area contributed by atoms with Crippen LogP contribution in [0.5, 0.6) is 0 Å². The number of sulfonamides is 1. The Morgan fingerprint density at radius 1 is 1.45 bits per heavy atom. The lowest BCUT2D eigenvalue weighted by molar-refractivity contribution is 0.445. The molecule has 6 heteroatoms. The molecule has 0 aliphatic carbocycles. The van der Waals surface area contributed by atoms with E-state index in [0.717, 1.165) is 23.4 Å².